The Morgan fingerprint density at radius 2 is 1.85 bits per heavy atom. The van der Waals surface area contributed by atoms with Gasteiger partial charge >= 0.3 is 5.97 Å². The SMILES string of the molecule is COC(=O)c1c(NC(=O)c2cccs2)sc(C)c1-c1ccc(C)c(C)c1. The summed E-state index contributed by atoms with van der Waals surface area (Å²) < 4.78 is 5.00. The summed E-state index contributed by atoms with van der Waals surface area (Å²) in [6.45, 7) is 6.04. The predicted molar refractivity (Wildman–Crippen MR) is 108 cm³/mol. The molecule has 3 rings (SSSR count). The van der Waals surface area contributed by atoms with Gasteiger partial charge in [-0.1, -0.05) is 24.3 Å². The lowest BCUT2D eigenvalue weighted by Gasteiger charge is -2.09. The molecular formula is C20H19NO3S2. The number of rotatable bonds is 4. The Balaban J connectivity index is 2.10. The van der Waals surface area contributed by atoms with E-state index in [1.54, 1.807) is 6.07 Å². The Morgan fingerprint density at radius 1 is 1.08 bits per heavy atom. The van der Waals surface area contributed by atoms with Crippen molar-refractivity contribution < 1.29 is 14.3 Å². The van der Waals surface area contributed by atoms with Crippen molar-refractivity contribution in [2.75, 3.05) is 12.4 Å². The fraction of sp³-hybridized carbons (Fsp3) is 0.200. The van der Waals surface area contributed by atoms with E-state index in [0.717, 1.165) is 21.6 Å². The van der Waals surface area contributed by atoms with E-state index < -0.39 is 5.97 Å². The van der Waals surface area contributed by atoms with E-state index in [1.807, 2.05) is 44.4 Å². The molecule has 0 spiro atoms. The normalized spacial score (nSPS) is 10.6. The first-order chi connectivity index (χ1) is 12.4. The van der Waals surface area contributed by atoms with Gasteiger partial charge in [0.15, 0.2) is 0 Å². The van der Waals surface area contributed by atoms with Crippen molar-refractivity contribution in [2.24, 2.45) is 0 Å². The zero-order valence-corrected chi connectivity index (χ0v) is 16.6. The van der Waals surface area contributed by atoms with Gasteiger partial charge in [-0.05, 0) is 48.9 Å². The highest BCUT2D eigenvalue weighted by Crippen LogP contribution is 2.41. The van der Waals surface area contributed by atoms with Crippen LogP contribution in [0.25, 0.3) is 11.1 Å². The Labute approximate surface area is 160 Å². The molecule has 0 saturated carbocycles. The standard InChI is InChI=1S/C20H19NO3S2/c1-11-7-8-14(10-12(11)2)16-13(3)26-19(17(16)20(23)24-4)21-18(22)15-6-5-9-25-15/h5-10H,1-4H3,(H,21,22). The van der Waals surface area contributed by atoms with Crippen LogP contribution in [0.2, 0.25) is 0 Å². The molecule has 26 heavy (non-hydrogen) atoms. The van der Waals surface area contributed by atoms with Crippen molar-refractivity contribution in [2.45, 2.75) is 20.8 Å². The largest absolute Gasteiger partial charge is 0.465 e. The lowest BCUT2D eigenvalue weighted by Crippen LogP contribution is -2.13. The van der Waals surface area contributed by atoms with E-state index in [2.05, 4.69) is 11.4 Å². The van der Waals surface area contributed by atoms with Crippen LogP contribution >= 0.6 is 22.7 Å². The van der Waals surface area contributed by atoms with Gasteiger partial charge in [0.2, 0.25) is 0 Å². The summed E-state index contributed by atoms with van der Waals surface area (Å²) in [5.41, 5.74) is 4.49. The highest BCUT2D eigenvalue weighted by Gasteiger charge is 2.25. The lowest BCUT2D eigenvalue weighted by molar-refractivity contribution is 0.0603. The summed E-state index contributed by atoms with van der Waals surface area (Å²) in [5.74, 6) is -0.679. The van der Waals surface area contributed by atoms with Crippen LogP contribution in [-0.4, -0.2) is 19.0 Å². The highest BCUT2D eigenvalue weighted by molar-refractivity contribution is 7.17. The molecule has 0 bridgehead atoms. The minimum Gasteiger partial charge on any atom is -0.465 e. The molecule has 2 aromatic heterocycles. The maximum atomic E-state index is 12.5. The molecule has 2 heterocycles. The quantitative estimate of drug-likeness (QED) is 0.608. The second-order valence-electron chi connectivity index (χ2n) is 5.96. The third-order valence-electron chi connectivity index (χ3n) is 4.24. The van der Waals surface area contributed by atoms with Crippen LogP contribution in [0.15, 0.2) is 35.7 Å². The van der Waals surface area contributed by atoms with Crippen LogP contribution in [0.3, 0.4) is 0 Å². The fourth-order valence-electron chi connectivity index (χ4n) is 2.75. The third kappa shape index (κ3) is 3.43. The fourth-order valence-corrected chi connectivity index (χ4v) is 4.42. The van der Waals surface area contributed by atoms with E-state index in [9.17, 15) is 9.59 Å². The first-order valence-electron chi connectivity index (χ1n) is 8.06. The number of esters is 1. The second kappa shape index (κ2) is 7.43. The molecule has 0 atom stereocenters. The predicted octanol–water partition coefficient (Wildman–Crippen LogP) is 5.44. The summed E-state index contributed by atoms with van der Waals surface area (Å²) >= 11 is 2.74. The third-order valence-corrected chi connectivity index (χ3v) is 6.13. The Hall–Kier alpha value is -2.44. The first kappa shape index (κ1) is 18.4. The Bertz CT molecular complexity index is 971. The number of amides is 1. The molecular weight excluding hydrogens is 366 g/mol. The summed E-state index contributed by atoms with van der Waals surface area (Å²) in [6, 6.07) is 9.66. The van der Waals surface area contributed by atoms with Gasteiger partial charge in [0.1, 0.15) is 10.6 Å². The number of anilines is 1. The lowest BCUT2D eigenvalue weighted by atomic mass is 9.97. The molecule has 1 amide bonds. The van der Waals surface area contributed by atoms with Gasteiger partial charge < -0.3 is 10.1 Å². The second-order valence-corrected chi connectivity index (χ2v) is 8.13. The Morgan fingerprint density at radius 3 is 2.46 bits per heavy atom. The number of hydrogen-bond donors (Lipinski definition) is 1. The molecule has 0 aliphatic heterocycles. The van der Waals surface area contributed by atoms with Gasteiger partial charge in [0, 0.05) is 10.4 Å². The monoisotopic (exact) mass is 385 g/mol. The number of hydrogen-bond acceptors (Lipinski definition) is 5. The Kier molecular flexibility index (Phi) is 5.25. The van der Waals surface area contributed by atoms with Crippen molar-refractivity contribution in [1.29, 1.82) is 0 Å². The van der Waals surface area contributed by atoms with Crippen LogP contribution < -0.4 is 5.32 Å². The number of nitrogens with one attached hydrogen (secondary N) is 1. The smallest absolute Gasteiger partial charge is 0.341 e. The number of carbonyl (C=O) groups excluding carboxylic acids is 2. The topological polar surface area (TPSA) is 55.4 Å². The first-order valence-corrected chi connectivity index (χ1v) is 9.76. The molecule has 134 valence electrons. The summed E-state index contributed by atoms with van der Waals surface area (Å²) in [5, 5.41) is 5.23. The molecule has 0 aliphatic carbocycles. The highest BCUT2D eigenvalue weighted by atomic mass is 32.1. The summed E-state index contributed by atoms with van der Waals surface area (Å²) in [4.78, 5) is 26.5. The maximum absolute atomic E-state index is 12.5. The molecule has 4 nitrogen and oxygen atoms in total. The number of carbonyl (C=O) groups is 2. The van der Waals surface area contributed by atoms with Crippen molar-refractivity contribution in [3.8, 4) is 11.1 Å². The minimum atomic E-state index is -0.455. The van der Waals surface area contributed by atoms with E-state index in [1.165, 1.54) is 35.3 Å². The molecule has 1 N–H and O–H groups in total. The van der Waals surface area contributed by atoms with Crippen molar-refractivity contribution in [1.82, 2.24) is 0 Å². The summed E-state index contributed by atoms with van der Waals surface area (Å²) in [7, 11) is 1.35. The number of thiophene rings is 2. The maximum Gasteiger partial charge on any atom is 0.341 e. The van der Waals surface area contributed by atoms with Gasteiger partial charge in [-0.2, -0.15) is 0 Å². The van der Waals surface area contributed by atoms with Crippen LogP contribution in [-0.2, 0) is 4.74 Å². The van der Waals surface area contributed by atoms with Crippen LogP contribution in [0.5, 0.6) is 0 Å². The zero-order valence-electron chi connectivity index (χ0n) is 15.0. The number of benzene rings is 1. The van der Waals surface area contributed by atoms with Gasteiger partial charge in [0.25, 0.3) is 5.91 Å². The number of ether oxygens (including phenoxy) is 1. The molecule has 6 heteroatoms. The average Bonchev–Trinajstić information content (AvgIpc) is 3.25. The summed E-state index contributed by atoms with van der Waals surface area (Å²) in [6.07, 6.45) is 0. The average molecular weight is 386 g/mol. The minimum absolute atomic E-state index is 0.224. The van der Waals surface area contributed by atoms with E-state index in [0.29, 0.717) is 15.4 Å². The molecule has 0 unspecified atom stereocenters. The van der Waals surface area contributed by atoms with Crippen molar-refractivity contribution in [3.05, 3.63) is 62.2 Å². The molecule has 0 aliphatic rings. The van der Waals surface area contributed by atoms with Crippen molar-refractivity contribution in [3.63, 3.8) is 0 Å². The van der Waals surface area contributed by atoms with Crippen LogP contribution in [0.4, 0.5) is 5.00 Å². The van der Waals surface area contributed by atoms with Gasteiger partial charge in [0.05, 0.1) is 12.0 Å². The van der Waals surface area contributed by atoms with E-state index in [4.69, 9.17) is 4.74 Å². The van der Waals surface area contributed by atoms with E-state index >= 15 is 0 Å². The van der Waals surface area contributed by atoms with Gasteiger partial charge in [-0.3, -0.25) is 4.79 Å². The van der Waals surface area contributed by atoms with Crippen LogP contribution in [0, 0.1) is 20.8 Å². The van der Waals surface area contributed by atoms with Crippen molar-refractivity contribution >= 4 is 39.6 Å². The molecule has 0 fully saturated rings. The van der Waals surface area contributed by atoms with Crippen LogP contribution in [0.1, 0.15) is 36.0 Å². The molecule has 0 radical (unpaired) electrons. The van der Waals surface area contributed by atoms with Gasteiger partial charge in [-0.15, -0.1) is 22.7 Å². The molecule has 0 saturated heterocycles. The number of aryl methyl sites for hydroxylation is 3. The zero-order chi connectivity index (χ0) is 18.8. The molecule has 1 aromatic carbocycles. The van der Waals surface area contributed by atoms with Gasteiger partial charge in [-0.25, -0.2) is 4.79 Å². The van der Waals surface area contributed by atoms with E-state index in [-0.39, 0.29) is 5.91 Å². The molecule has 3 aromatic rings. The number of methoxy groups -OCH3 is 1.